The number of aromatic nitrogens is 2. The van der Waals surface area contributed by atoms with Gasteiger partial charge in [-0.05, 0) is 67.7 Å². The van der Waals surface area contributed by atoms with Crippen LogP contribution >= 0.6 is 0 Å². The van der Waals surface area contributed by atoms with Crippen LogP contribution in [0.15, 0.2) is 162 Å². The highest BCUT2D eigenvalue weighted by molar-refractivity contribution is 6.20. The predicted molar refractivity (Wildman–Crippen MR) is 186 cm³/mol. The summed E-state index contributed by atoms with van der Waals surface area (Å²) in [6, 6.07) is 55.1. The quantitative estimate of drug-likeness (QED) is 0.155. The van der Waals surface area contributed by atoms with Gasteiger partial charge in [-0.1, -0.05) is 133 Å². The average molecular weight is 575 g/mol. The van der Waals surface area contributed by atoms with E-state index in [1.807, 2.05) is 54.6 Å². The molecular weight excluding hydrogens is 548 g/mol. The van der Waals surface area contributed by atoms with Crippen LogP contribution in [0.3, 0.4) is 0 Å². The molecule has 0 unspecified atom stereocenters. The first-order valence-electron chi connectivity index (χ1n) is 15.2. The standard InChI is InChI=1S/C42H26N2O/c1-2-11-30(12-3-1)42-43-37(26-38(44-42)40-25-32-14-6-9-17-39(32)45-40)28-18-20-29(21-19-28)41-34-16-8-5-13-31(34)24-36-33-15-7-4-10-27(33)22-23-35(36)41/h1-26H. The van der Waals surface area contributed by atoms with Crippen LogP contribution in [0.5, 0.6) is 0 Å². The topological polar surface area (TPSA) is 38.9 Å². The summed E-state index contributed by atoms with van der Waals surface area (Å²) in [6.07, 6.45) is 0. The van der Waals surface area contributed by atoms with Crippen LogP contribution in [-0.4, -0.2) is 9.97 Å². The molecule has 45 heavy (non-hydrogen) atoms. The van der Waals surface area contributed by atoms with Crippen molar-refractivity contribution in [3.8, 4) is 45.2 Å². The molecule has 0 spiro atoms. The zero-order valence-corrected chi connectivity index (χ0v) is 24.3. The fourth-order valence-electron chi connectivity index (χ4n) is 6.48. The molecule has 3 nitrogen and oxygen atoms in total. The summed E-state index contributed by atoms with van der Waals surface area (Å²) in [4.78, 5) is 9.99. The summed E-state index contributed by atoms with van der Waals surface area (Å²) < 4.78 is 6.23. The minimum absolute atomic E-state index is 0.666. The minimum atomic E-state index is 0.666. The summed E-state index contributed by atoms with van der Waals surface area (Å²) in [6.45, 7) is 0. The molecule has 0 fully saturated rings. The molecule has 0 amide bonds. The molecule has 0 bridgehead atoms. The van der Waals surface area contributed by atoms with E-state index in [0.29, 0.717) is 5.82 Å². The maximum absolute atomic E-state index is 6.23. The second-order valence-electron chi connectivity index (χ2n) is 11.4. The molecule has 210 valence electrons. The monoisotopic (exact) mass is 574 g/mol. The van der Waals surface area contributed by atoms with Crippen molar-refractivity contribution in [3.05, 3.63) is 158 Å². The van der Waals surface area contributed by atoms with Gasteiger partial charge in [0.15, 0.2) is 11.6 Å². The molecule has 0 aliphatic rings. The summed E-state index contributed by atoms with van der Waals surface area (Å²) >= 11 is 0. The van der Waals surface area contributed by atoms with Gasteiger partial charge in [-0.15, -0.1) is 0 Å². The first-order chi connectivity index (χ1) is 22.3. The summed E-state index contributed by atoms with van der Waals surface area (Å²) in [5, 5.41) is 8.57. The van der Waals surface area contributed by atoms with E-state index in [1.165, 1.54) is 43.4 Å². The summed E-state index contributed by atoms with van der Waals surface area (Å²) in [7, 11) is 0. The van der Waals surface area contributed by atoms with Crippen LogP contribution < -0.4 is 0 Å². The molecule has 7 aromatic carbocycles. The third kappa shape index (κ3) is 4.37. The molecule has 0 atom stereocenters. The number of fused-ring (bicyclic) bond motifs is 5. The van der Waals surface area contributed by atoms with Gasteiger partial charge in [0.05, 0.1) is 5.69 Å². The average Bonchev–Trinajstić information content (AvgIpc) is 3.56. The number of furan rings is 1. The normalized spacial score (nSPS) is 11.6. The maximum Gasteiger partial charge on any atom is 0.160 e. The van der Waals surface area contributed by atoms with Crippen LogP contribution in [-0.2, 0) is 0 Å². The van der Waals surface area contributed by atoms with Crippen molar-refractivity contribution >= 4 is 43.3 Å². The highest BCUT2D eigenvalue weighted by Gasteiger charge is 2.16. The molecule has 0 N–H and O–H groups in total. The molecule has 0 saturated heterocycles. The van der Waals surface area contributed by atoms with Crippen molar-refractivity contribution in [1.29, 1.82) is 0 Å². The zero-order valence-electron chi connectivity index (χ0n) is 24.3. The molecule has 0 aliphatic heterocycles. The van der Waals surface area contributed by atoms with E-state index in [9.17, 15) is 0 Å². The Labute approximate surface area is 260 Å². The SMILES string of the molecule is c1ccc(-c2nc(-c3ccc(-c4c5ccccc5cc5c4ccc4ccccc45)cc3)cc(-c3cc4ccccc4o3)n2)cc1. The maximum atomic E-state index is 6.23. The van der Waals surface area contributed by atoms with E-state index in [0.717, 1.165) is 39.2 Å². The van der Waals surface area contributed by atoms with Crippen molar-refractivity contribution in [2.75, 3.05) is 0 Å². The third-order valence-electron chi connectivity index (χ3n) is 8.68. The van der Waals surface area contributed by atoms with E-state index < -0.39 is 0 Å². The van der Waals surface area contributed by atoms with Gasteiger partial charge in [0.1, 0.15) is 11.3 Å². The van der Waals surface area contributed by atoms with E-state index >= 15 is 0 Å². The predicted octanol–water partition coefficient (Wildman–Crippen LogP) is 11.4. The van der Waals surface area contributed by atoms with E-state index in [1.54, 1.807) is 0 Å². The Kier molecular flexibility index (Phi) is 5.82. The number of hydrogen-bond donors (Lipinski definition) is 0. The second-order valence-corrected chi connectivity index (χ2v) is 11.4. The van der Waals surface area contributed by atoms with Gasteiger partial charge >= 0.3 is 0 Å². The minimum Gasteiger partial charge on any atom is -0.454 e. The Bertz CT molecular complexity index is 2500. The highest BCUT2D eigenvalue weighted by Crippen LogP contribution is 2.40. The van der Waals surface area contributed by atoms with Gasteiger partial charge < -0.3 is 4.42 Å². The number of nitrogens with zero attached hydrogens (tertiary/aromatic N) is 2. The smallest absolute Gasteiger partial charge is 0.160 e. The van der Waals surface area contributed by atoms with E-state index in [-0.39, 0.29) is 0 Å². The Morgan fingerprint density at radius 2 is 1.04 bits per heavy atom. The van der Waals surface area contributed by atoms with Crippen molar-refractivity contribution in [2.45, 2.75) is 0 Å². The van der Waals surface area contributed by atoms with Crippen LogP contribution in [0.2, 0.25) is 0 Å². The lowest BCUT2D eigenvalue weighted by Crippen LogP contribution is -1.95. The van der Waals surface area contributed by atoms with E-state index in [4.69, 9.17) is 14.4 Å². The Hall–Kier alpha value is -6.06. The fourth-order valence-corrected chi connectivity index (χ4v) is 6.48. The molecule has 3 heteroatoms. The lowest BCUT2D eigenvalue weighted by atomic mass is 9.89. The Morgan fingerprint density at radius 1 is 0.378 bits per heavy atom. The van der Waals surface area contributed by atoms with Crippen molar-refractivity contribution < 1.29 is 4.42 Å². The number of rotatable bonds is 4. The molecule has 9 rings (SSSR count). The van der Waals surface area contributed by atoms with Gasteiger partial charge in [-0.3, -0.25) is 0 Å². The molecule has 9 aromatic rings. The Morgan fingerprint density at radius 3 is 1.87 bits per heavy atom. The molecule has 2 heterocycles. The van der Waals surface area contributed by atoms with Crippen LogP contribution in [0.4, 0.5) is 0 Å². The second kappa shape index (κ2) is 10.3. The van der Waals surface area contributed by atoms with Gasteiger partial charge in [0.25, 0.3) is 0 Å². The van der Waals surface area contributed by atoms with Gasteiger partial charge in [-0.2, -0.15) is 0 Å². The fraction of sp³-hybridized carbons (Fsp3) is 0. The number of benzene rings is 7. The van der Waals surface area contributed by atoms with Gasteiger partial charge in [0, 0.05) is 16.5 Å². The lowest BCUT2D eigenvalue weighted by molar-refractivity contribution is 0.628. The van der Waals surface area contributed by atoms with Crippen LogP contribution in [0.1, 0.15) is 0 Å². The van der Waals surface area contributed by atoms with Gasteiger partial charge in [-0.25, -0.2) is 9.97 Å². The van der Waals surface area contributed by atoms with Crippen LogP contribution in [0, 0.1) is 0 Å². The van der Waals surface area contributed by atoms with Gasteiger partial charge in [0.2, 0.25) is 0 Å². The third-order valence-corrected chi connectivity index (χ3v) is 8.68. The van der Waals surface area contributed by atoms with Crippen molar-refractivity contribution in [3.63, 3.8) is 0 Å². The summed E-state index contributed by atoms with van der Waals surface area (Å²) in [5.74, 6) is 1.39. The zero-order chi connectivity index (χ0) is 29.7. The largest absolute Gasteiger partial charge is 0.454 e. The lowest BCUT2D eigenvalue weighted by Gasteiger charge is -2.14. The summed E-state index contributed by atoms with van der Waals surface area (Å²) in [5.41, 5.74) is 6.84. The number of para-hydroxylation sites is 1. The number of hydrogen-bond acceptors (Lipinski definition) is 3. The molecule has 0 saturated carbocycles. The molecule has 0 aliphatic carbocycles. The molecule has 2 aromatic heterocycles. The molecule has 0 radical (unpaired) electrons. The van der Waals surface area contributed by atoms with Crippen molar-refractivity contribution in [1.82, 2.24) is 9.97 Å². The molecular formula is C42H26N2O. The van der Waals surface area contributed by atoms with Crippen LogP contribution in [0.25, 0.3) is 88.5 Å². The Balaban J connectivity index is 1.21. The van der Waals surface area contributed by atoms with Crippen molar-refractivity contribution in [2.24, 2.45) is 0 Å². The highest BCUT2D eigenvalue weighted by atomic mass is 16.3. The van der Waals surface area contributed by atoms with E-state index in [2.05, 4.69) is 103 Å². The first kappa shape index (κ1) is 25.4. The first-order valence-corrected chi connectivity index (χ1v) is 15.2.